The standard InChI is InChI=1S/C24H29N5O2/c1-15-20-18(23(31)26-13-12-25-22(30)17-8-6-5-7-9-17)14-19(16-10-11-16)27-21(20)29(28-15)24(2,3)4/h5-9,14,16H,10-13H2,1-4H3,(H,25,30)(H,26,31). The highest BCUT2D eigenvalue weighted by atomic mass is 16.2. The van der Waals surface area contributed by atoms with E-state index in [2.05, 4.69) is 31.4 Å². The molecule has 162 valence electrons. The summed E-state index contributed by atoms with van der Waals surface area (Å²) >= 11 is 0. The molecule has 0 spiro atoms. The Hall–Kier alpha value is -3.22. The van der Waals surface area contributed by atoms with Gasteiger partial charge in [-0.05, 0) is 58.7 Å². The van der Waals surface area contributed by atoms with Gasteiger partial charge >= 0.3 is 0 Å². The molecule has 0 radical (unpaired) electrons. The van der Waals surface area contributed by atoms with Gasteiger partial charge < -0.3 is 10.6 Å². The van der Waals surface area contributed by atoms with E-state index in [0.29, 0.717) is 30.1 Å². The lowest BCUT2D eigenvalue weighted by atomic mass is 10.1. The molecule has 2 heterocycles. The molecular weight excluding hydrogens is 390 g/mol. The zero-order chi connectivity index (χ0) is 22.2. The van der Waals surface area contributed by atoms with Crippen LogP contribution in [0.25, 0.3) is 11.0 Å². The fourth-order valence-electron chi connectivity index (χ4n) is 3.68. The van der Waals surface area contributed by atoms with Gasteiger partial charge in [0.05, 0.1) is 22.2 Å². The maximum absolute atomic E-state index is 13.1. The van der Waals surface area contributed by atoms with Crippen molar-refractivity contribution >= 4 is 22.8 Å². The quantitative estimate of drug-likeness (QED) is 0.598. The molecule has 1 saturated carbocycles. The molecular formula is C24H29N5O2. The highest BCUT2D eigenvalue weighted by molar-refractivity contribution is 6.06. The molecule has 2 aromatic heterocycles. The molecule has 31 heavy (non-hydrogen) atoms. The van der Waals surface area contributed by atoms with Gasteiger partial charge in [0.1, 0.15) is 0 Å². The minimum Gasteiger partial charge on any atom is -0.350 e. The Balaban J connectivity index is 1.52. The fraction of sp³-hybridized carbons (Fsp3) is 0.417. The highest BCUT2D eigenvalue weighted by Crippen LogP contribution is 2.40. The number of nitrogens with zero attached hydrogens (tertiary/aromatic N) is 3. The van der Waals surface area contributed by atoms with Gasteiger partial charge in [0.2, 0.25) is 0 Å². The number of hydrogen-bond donors (Lipinski definition) is 2. The average Bonchev–Trinajstić information content (AvgIpc) is 3.53. The van der Waals surface area contributed by atoms with Crippen LogP contribution in [0.15, 0.2) is 36.4 Å². The summed E-state index contributed by atoms with van der Waals surface area (Å²) in [5.74, 6) is 0.101. The van der Waals surface area contributed by atoms with Crippen LogP contribution >= 0.6 is 0 Å². The lowest BCUT2D eigenvalue weighted by Gasteiger charge is -2.20. The number of nitrogens with one attached hydrogen (secondary N) is 2. The molecule has 3 aromatic rings. The molecule has 0 bridgehead atoms. The molecule has 2 N–H and O–H groups in total. The molecule has 1 aliphatic carbocycles. The Morgan fingerprint density at radius 2 is 1.71 bits per heavy atom. The summed E-state index contributed by atoms with van der Waals surface area (Å²) in [7, 11) is 0. The van der Waals surface area contributed by atoms with Gasteiger partial charge in [0, 0.05) is 30.3 Å². The Kier molecular flexibility index (Phi) is 5.52. The van der Waals surface area contributed by atoms with E-state index >= 15 is 0 Å². The topological polar surface area (TPSA) is 88.9 Å². The van der Waals surface area contributed by atoms with Gasteiger partial charge in [0.25, 0.3) is 11.8 Å². The summed E-state index contributed by atoms with van der Waals surface area (Å²) in [4.78, 5) is 30.1. The third kappa shape index (κ3) is 4.45. The molecule has 7 nitrogen and oxygen atoms in total. The molecule has 4 rings (SSSR count). The van der Waals surface area contributed by atoms with Crippen molar-refractivity contribution in [2.45, 2.75) is 52.0 Å². The number of carbonyl (C=O) groups is 2. The normalized spacial score (nSPS) is 13.9. The summed E-state index contributed by atoms with van der Waals surface area (Å²) in [5, 5.41) is 11.3. The van der Waals surface area contributed by atoms with Crippen LogP contribution in [0.4, 0.5) is 0 Å². The van der Waals surface area contributed by atoms with E-state index in [1.807, 2.05) is 35.9 Å². The van der Waals surface area contributed by atoms with E-state index < -0.39 is 0 Å². The predicted molar refractivity (Wildman–Crippen MR) is 120 cm³/mol. The molecule has 1 aliphatic rings. The van der Waals surface area contributed by atoms with E-state index in [0.717, 1.165) is 35.3 Å². The van der Waals surface area contributed by atoms with Crippen molar-refractivity contribution in [1.82, 2.24) is 25.4 Å². The summed E-state index contributed by atoms with van der Waals surface area (Å²) in [6, 6.07) is 10.9. The number of aryl methyl sites for hydroxylation is 1. The molecule has 0 unspecified atom stereocenters. The van der Waals surface area contributed by atoms with Crippen molar-refractivity contribution in [2.75, 3.05) is 13.1 Å². The van der Waals surface area contributed by atoms with Crippen LogP contribution < -0.4 is 10.6 Å². The van der Waals surface area contributed by atoms with Crippen molar-refractivity contribution in [3.63, 3.8) is 0 Å². The van der Waals surface area contributed by atoms with Crippen LogP contribution in [0.2, 0.25) is 0 Å². The van der Waals surface area contributed by atoms with Crippen molar-refractivity contribution in [1.29, 1.82) is 0 Å². The summed E-state index contributed by atoms with van der Waals surface area (Å²) in [6.45, 7) is 8.86. The van der Waals surface area contributed by atoms with Gasteiger partial charge in [0.15, 0.2) is 5.65 Å². The number of rotatable bonds is 6. The van der Waals surface area contributed by atoms with Crippen molar-refractivity contribution in [3.8, 4) is 0 Å². The number of benzene rings is 1. The molecule has 2 amide bonds. The van der Waals surface area contributed by atoms with Crippen molar-refractivity contribution < 1.29 is 9.59 Å². The zero-order valence-electron chi connectivity index (χ0n) is 18.5. The van der Waals surface area contributed by atoms with Crippen LogP contribution in [0.1, 0.15) is 71.6 Å². The summed E-state index contributed by atoms with van der Waals surface area (Å²) in [5.41, 5.74) is 3.48. The Bertz CT molecular complexity index is 1120. The van der Waals surface area contributed by atoms with Crippen LogP contribution in [0.3, 0.4) is 0 Å². The average molecular weight is 420 g/mol. The first-order chi connectivity index (χ1) is 14.8. The van der Waals surface area contributed by atoms with E-state index in [4.69, 9.17) is 10.1 Å². The number of carbonyl (C=O) groups excluding carboxylic acids is 2. The molecule has 1 aromatic carbocycles. The van der Waals surface area contributed by atoms with Gasteiger partial charge in [-0.2, -0.15) is 5.10 Å². The number of aromatic nitrogens is 3. The maximum Gasteiger partial charge on any atom is 0.252 e. The second kappa shape index (κ2) is 8.13. The smallest absolute Gasteiger partial charge is 0.252 e. The zero-order valence-corrected chi connectivity index (χ0v) is 18.5. The van der Waals surface area contributed by atoms with E-state index in [1.165, 1.54) is 0 Å². The number of amides is 2. The van der Waals surface area contributed by atoms with Gasteiger partial charge in [-0.1, -0.05) is 18.2 Å². The predicted octanol–water partition coefficient (Wildman–Crippen LogP) is 3.53. The summed E-state index contributed by atoms with van der Waals surface area (Å²) < 4.78 is 1.92. The van der Waals surface area contributed by atoms with Gasteiger partial charge in [-0.25, -0.2) is 9.67 Å². The Morgan fingerprint density at radius 3 is 2.32 bits per heavy atom. The molecule has 0 aliphatic heterocycles. The Morgan fingerprint density at radius 1 is 1.06 bits per heavy atom. The van der Waals surface area contributed by atoms with E-state index in [-0.39, 0.29) is 17.4 Å². The molecule has 0 saturated heterocycles. The minimum atomic E-state index is -0.239. The molecule has 1 fully saturated rings. The van der Waals surface area contributed by atoms with Crippen LogP contribution in [-0.4, -0.2) is 39.7 Å². The van der Waals surface area contributed by atoms with Gasteiger partial charge in [-0.3, -0.25) is 9.59 Å². The second-order valence-electron chi connectivity index (χ2n) is 9.11. The largest absolute Gasteiger partial charge is 0.350 e. The highest BCUT2D eigenvalue weighted by Gasteiger charge is 2.30. The van der Waals surface area contributed by atoms with Crippen LogP contribution in [-0.2, 0) is 5.54 Å². The monoisotopic (exact) mass is 419 g/mol. The minimum absolute atomic E-state index is 0.153. The molecule has 7 heteroatoms. The fourth-order valence-corrected chi connectivity index (χ4v) is 3.68. The maximum atomic E-state index is 13.1. The van der Waals surface area contributed by atoms with E-state index in [1.54, 1.807) is 12.1 Å². The lowest BCUT2D eigenvalue weighted by Crippen LogP contribution is -2.34. The van der Waals surface area contributed by atoms with Crippen molar-refractivity contribution in [3.05, 3.63) is 58.9 Å². The van der Waals surface area contributed by atoms with Crippen molar-refractivity contribution in [2.24, 2.45) is 0 Å². The van der Waals surface area contributed by atoms with Crippen LogP contribution in [0, 0.1) is 6.92 Å². The number of fused-ring (bicyclic) bond motifs is 1. The van der Waals surface area contributed by atoms with E-state index in [9.17, 15) is 9.59 Å². The molecule has 0 atom stereocenters. The first-order valence-electron chi connectivity index (χ1n) is 10.8. The lowest BCUT2D eigenvalue weighted by molar-refractivity contribution is 0.0928. The van der Waals surface area contributed by atoms with Gasteiger partial charge in [-0.15, -0.1) is 0 Å². The third-order valence-electron chi connectivity index (χ3n) is 5.44. The third-order valence-corrected chi connectivity index (χ3v) is 5.44. The number of pyridine rings is 1. The summed E-state index contributed by atoms with van der Waals surface area (Å²) in [6.07, 6.45) is 2.21. The first kappa shape index (κ1) is 21.0. The first-order valence-corrected chi connectivity index (χ1v) is 10.8. The Labute approximate surface area is 182 Å². The van der Waals surface area contributed by atoms with Crippen LogP contribution in [0.5, 0.6) is 0 Å². The SMILES string of the molecule is Cc1nn(C(C)(C)C)c2nc(C3CC3)cc(C(=O)NCCNC(=O)c3ccccc3)c12. The number of hydrogen-bond acceptors (Lipinski definition) is 4. The second-order valence-corrected chi connectivity index (χ2v) is 9.11.